The summed E-state index contributed by atoms with van der Waals surface area (Å²) in [5, 5.41) is 11.6. The van der Waals surface area contributed by atoms with E-state index in [0.717, 1.165) is 12.8 Å². The fourth-order valence-corrected chi connectivity index (χ4v) is 1.73. The molecular weight excluding hydrogens is 118 g/mol. The number of hydrogen-bond acceptors (Lipinski definition) is 2. The minimum atomic E-state index is -0.681. The minimum absolute atomic E-state index is 0.227. The highest BCUT2D eigenvalue weighted by atomic mass is 16.4. The topological polar surface area (TPSA) is 49.3 Å². The van der Waals surface area contributed by atoms with Gasteiger partial charge < -0.3 is 10.4 Å². The Morgan fingerprint density at radius 2 is 2.22 bits per heavy atom. The van der Waals surface area contributed by atoms with Crippen molar-refractivity contribution in [3.63, 3.8) is 0 Å². The van der Waals surface area contributed by atoms with Gasteiger partial charge in [-0.2, -0.15) is 0 Å². The average Bonchev–Trinajstić information content (AvgIpc) is 2.12. The van der Waals surface area contributed by atoms with E-state index in [1.165, 1.54) is 0 Å². The molecule has 0 aromatic heterocycles. The normalized spacial score (nSPS) is 46.4. The average molecular weight is 127 g/mol. The Balaban J connectivity index is 2.08. The van der Waals surface area contributed by atoms with E-state index in [4.69, 9.17) is 5.11 Å². The smallest absolute Gasteiger partial charge is 0.320 e. The first-order chi connectivity index (χ1) is 4.27. The highest BCUT2D eigenvalue weighted by molar-refractivity contribution is 5.75. The number of carbonyl (C=O) groups is 1. The molecule has 0 amide bonds. The third-order valence-electron chi connectivity index (χ3n) is 2.33. The third-order valence-corrected chi connectivity index (χ3v) is 2.33. The molecule has 1 saturated carbocycles. The zero-order chi connectivity index (χ0) is 6.43. The molecule has 2 bridgehead atoms. The summed E-state index contributed by atoms with van der Waals surface area (Å²) in [6.07, 6.45) is 2.16. The number of carboxylic acids is 1. The van der Waals surface area contributed by atoms with Crippen LogP contribution in [0.4, 0.5) is 0 Å². The molecule has 0 radical (unpaired) electrons. The molecule has 2 heterocycles. The monoisotopic (exact) mass is 127 g/mol. The quantitative estimate of drug-likeness (QED) is 0.513. The molecule has 3 heteroatoms. The van der Waals surface area contributed by atoms with Gasteiger partial charge in [0.05, 0.1) is 0 Å². The van der Waals surface area contributed by atoms with Crippen molar-refractivity contribution in [1.29, 1.82) is 0 Å². The Kier molecular flexibility index (Phi) is 0.858. The summed E-state index contributed by atoms with van der Waals surface area (Å²) in [6, 6.07) is 0.297. The van der Waals surface area contributed by atoms with Crippen molar-refractivity contribution in [2.24, 2.45) is 5.92 Å². The van der Waals surface area contributed by atoms with Crippen LogP contribution in [0.2, 0.25) is 0 Å². The highest BCUT2D eigenvalue weighted by Crippen LogP contribution is 2.37. The second-order valence-corrected chi connectivity index (χ2v) is 2.91. The number of nitrogens with one attached hydrogen (secondary N) is 1. The van der Waals surface area contributed by atoms with Crippen molar-refractivity contribution >= 4 is 5.97 Å². The first kappa shape index (κ1) is 5.23. The lowest BCUT2D eigenvalue weighted by Crippen LogP contribution is -2.30. The number of fused-ring (bicyclic) bond motifs is 1. The van der Waals surface area contributed by atoms with Crippen LogP contribution < -0.4 is 5.32 Å². The number of carboxylic acid groups (broad SMARTS) is 1. The van der Waals surface area contributed by atoms with Gasteiger partial charge in [0, 0.05) is 6.04 Å². The van der Waals surface area contributed by atoms with Crippen LogP contribution in [0, 0.1) is 5.92 Å². The summed E-state index contributed by atoms with van der Waals surface area (Å²) >= 11 is 0. The lowest BCUT2D eigenvalue weighted by atomic mass is 9.83. The molecule has 1 unspecified atom stereocenters. The largest absolute Gasteiger partial charge is 0.480 e. The summed E-state index contributed by atoms with van der Waals surface area (Å²) < 4.78 is 0. The fraction of sp³-hybridized carbons (Fsp3) is 0.833. The van der Waals surface area contributed by atoms with Crippen molar-refractivity contribution < 1.29 is 9.90 Å². The van der Waals surface area contributed by atoms with Gasteiger partial charge in [0.1, 0.15) is 6.04 Å². The number of hydrogen-bond donors (Lipinski definition) is 2. The maximum Gasteiger partial charge on any atom is 0.320 e. The van der Waals surface area contributed by atoms with E-state index >= 15 is 0 Å². The van der Waals surface area contributed by atoms with Crippen LogP contribution in [-0.4, -0.2) is 23.2 Å². The Morgan fingerprint density at radius 1 is 1.56 bits per heavy atom. The van der Waals surface area contributed by atoms with Crippen LogP contribution in [0.15, 0.2) is 0 Å². The van der Waals surface area contributed by atoms with Gasteiger partial charge >= 0.3 is 5.97 Å². The molecule has 3 aliphatic rings. The second kappa shape index (κ2) is 1.48. The van der Waals surface area contributed by atoms with E-state index in [2.05, 4.69) is 5.32 Å². The molecule has 0 aromatic rings. The van der Waals surface area contributed by atoms with Gasteiger partial charge in [-0.25, -0.2) is 0 Å². The summed E-state index contributed by atoms with van der Waals surface area (Å²) in [5.74, 6) is -0.243. The molecule has 0 aromatic carbocycles. The van der Waals surface area contributed by atoms with Crippen LogP contribution in [0.5, 0.6) is 0 Å². The van der Waals surface area contributed by atoms with Crippen LogP contribution in [-0.2, 0) is 4.79 Å². The first-order valence-electron chi connectivity index (χ1n) is 3.26. The van der Waals surface area contributed by atoms with Crippen LogP contribution in [0.25, 0.3) is 0 Å². The van der Waals surface area contributed by atoms with Crippen LogP contribution in [0.1, 0.15) is 12.8 Å². The van der Waals surface area contributed by atoms with Gasteiger partial charge in [-0.1, -0.05) is 0 Å². The predicted molar refractivity (Wildman–Crippen MR) is 31.1 cm³/mol. The van der Waals surface area contributed by atoms with Crippen LogP contribution in [0.3, 0.4) is 0 Å². The SMILES string of the molecule is O=C(O)C1NC2CC1C2. The van der Waals surface area contributed by atoms with E-state index in [9.17, 15) is 4.79 Å². The Bertz CT molecular complexity index is 151. The summed E-state index contributed by atoms with van der Waals surface area (Å²) in [4.78, 5) is 10.4. The van der Waals surface area contributed by atoms with Gasteiger partial charge in [0.25, 0.3) is 0 Å². The highest BCUT2D eigenvalue weighted by Gasteiger charge is 2.47. The molecule has 50 valence electrons. The lowest BCUT2D eigenvalue weighted by molar-refractivity contribution is -0.139. The Hall–Kier alpha value is -0.570. The maximum atomic E-state index is 10.4. The van der Waals surface area contributed by atoms with E-state index < -0.39 is 5.97 Å². The zero-order valence-corrected chi connectivity index (χ0v) is 5.00. The molecule has 3 nitrogen and oxygen atoms in total. The fourth-order valence-electron chi connectivity index (χ4n) is 1.73. The van der Waals surface area contributed by atoms with Crippen molar-refractivity contribution in [2.75, 3.05) is 0 Å². The van der Waals surface area contributed by atoms with Gasteiger partial charge in [-0.05, 0) is 18.8 Å². The standard InChI is InChI=1S/C6H9NO2/c8-6(9)5-3-1-4(2-3)7-5/h3-5,7H,1-2H2,(H,8,9). The second-order valence-electron chi connectivity index (χ2n) is 2.91. The molecular formula is C6H9NO2. The number of rotatable bonds is 1. The molecule has 2 saturated heterocycles. The van der Waals surface area contributed by atoms with Crippen molar-refractivity contribution in [2.45, 2.75) is 24.9 Å². The molecule has 9 heavy (non-hydrogen) atoms. The summed E-state index contributed by atoms with van der Waals surface area (Å²) in [7, 11) is 0. The van der Waals surface area contributed by atoms with E-state index in [0.29, 0.717) is 12.0 Å². The molecule has 1 atom stereocenters. The van der Waals surface area contributed by atoms with Crippen molar-refractivity contribution in [3.8, 4) is 0 Å². The first-order valence-corrected chi connectivity index (χ1v) is 3.26. The van der Waals surface area contributed by atoms with E-state index in [-0.39, 0.29) is 6.04 Å². The van der Waals surface area contributed by atoms with Crippen LogP contribution >= 0.6 is 0 Å². The molecule has 1 aliphatic carbocycles. The summed E-state index contributed by atoms with van der Waals surface area (Å²) in [5.41, 5.74) is 0. The zero-order valence-electron chi connectivity index (χ0n) is 5.00. The maximum absolute atomic E-state index is 10.4. The minimum Gasteiger partial charge on any atom is -0.480 e. The van der Waals surface area contributed by atoms with E-state index in [1.807, 2.05) is 0 Å². The molecule has 2 aliphatic heterocycles. The van der Waals surface area contributed by atoms with Gasteiger partial charge in [-0.3, -0.25) is 4.79 Å². The van der Waals surface area contributed by atoms with Crippen molar-refractivity contribution in [3.05, 3.63) is 0 Å². The molecule has 2 N–H and O–H groups in total. The molecule has 3 fully saturated rings. The van der Waals surface area contributed by atoms with Gasteiger partial charge in [0.15, 0.2) is 0 Å². The van der Waals surface area contributed by atoms with Gasteiger partial charge in [0.2, 0.25) is 0 Å². The Labute approximate surface area is 53.1 Å². The third kappa shape index (κ3) is 0.580. The molecule has 3 rings (SSSR count). The van der Waals surface area contributed by atoms with Crippen molar-refractivity contribution in [1.82, 2.24) is 5.32 Å². The predicted octanol–water partition coefficient (Wildman–Crippen LogP) is -0.179. The van der Waals surface area contributed by atoms with Gasteiger partial charge in [-0.15, -0.1) is 0 Å². The lowest BCUT2D eigenvalue weighted by Gasteiger charge is -2.20. The number of aliphatic carboxylic acids is 1. The van der Waals surface area contributed by atoms with E-state index in [1.54, 1.807) is 0 Å². The molecule has 0 spiro atoms. The Morgan fingerprint density at radius 3 is 2.44 bits per heavy atom. The summed E-state index contributed by atoms with van der Waals surface area (Å²) in [6.45, 7) is 0.